The van der Waals surface area contributed by atoms with Crippen molar-refractivity contribution in [1.82, 2.24) is 10.2 Å². The molecule has 2 aromatic carbocycles. The second-order valence-corrected chi connectivity index (χ2v) is 8.57. The molecule has 0 bridgehead atoms. The van der Waals surface area contributed by atoms with Crippen molar-refractivity contribution in [3.8, 4) is 0 Å². The van der Waals surface area contributed by atoms with Gasteiger partial charge >= 0.3 is 12.1 Å². The first-order valence-corrected chi connectivity index (χ1v) is 10.9. The number of carboxylic acids is 1. The zero-order valence-electron chi connectivity index (χ0n) is 19.6. The molecular weight excluding hydrogens is 438 g/mol. The number of rotatable bonds is 5. The Morgan fingerprint density at radius 3 is 2.21 bits per heavy atom. The average Bonchev–Trinajstić information content (AvgIpc) is 3.28. The van der Waals surface area contributed by atoms with E-state index in [-0.39, 0.29) is 6.54 Å². The third kappa shape index (κ3) is 9.27. The molecule has 10 heteroatoms. The molecule has 1 aliphatic rings. The van der Waals surface area contributed by atoms with E-state index >= 15 is 0 Å². The lowest BCUT2D eigenvalue weighted by molar-refractivity contribution is -0.147. The van der Waals surface area contributed by atoms with Gasteiger partial charge in [0.2, 0.25) is 5.91 Å². The number of hydrogen-bond acceptors (Lipinski definition) is 7. The first kappa shape index (κ1) is 26.3. The number of ether oxygens (including phenoxy) is 1. The minimum atomic E-state index is -1.01. The maximum Gasteiger partial charge on any atom is 0.408 e. The molecule has 10 nitrogen and oxygen atoms in total. The number of likely N-dealkylation sites (tertiary alicyclic amines) is 1. The third-order valence-electron chi connectivity index (χ3n) is 4.57. The van der Waals surface area contributed by atoms with Gasteiger partial charge in [-0.3, -0.25) is 4.79 Å². The van der Waals surface area contributed by atoms with E-state index in [1.54, 1.807) is 32.9 Å². The minimum Gasteiger partial charge on any atom is -0.480 e. The Kier molecular flexibility index (Phi) is 9.54. The van der Waals surface area contributed by atoms with Gasteiger partial charge in [-0.25, -0.2) is 9.59 Å². The summed E-state index contributed by atoms with van der Waals surface area (Å²) in [4.78, 5) is 35.4. The number of carbonyl (C=O) groups is 3. The van der Waals surface area contributed by atoms with Gasteiger partial charge in [-0.15, -0.1) is 0 Å². The number of nitrogens with two attached hydrogens (primary N) is 1. The largest absolute Gasteiger partial charge is 0.480 e. The van der Waals surface area contributed by atoms with E-state index in [2.05, 4.69) is 15.5 Å². The van der Waals surface area contributed by atoms with Gasteiger partial charge in [-0.05, 0) is 70.0 Å². The number of nitrogens with one attached hydrogen (secondary N) is 1. The number of nitrogens with zero attached hydrogens (tertiary/aromatic N) is 3. The Balaban J connectivity index is 0.000000246. The summed E-state index contributed by atoms with van der Waals surface area (Å²) in [6.07, 6.45) is 0.426. The molecule has 2 aromatic rings. The number of benzene rings is 2. The quantitative estimate of drug-likeness (QED) is 0.440. The van der Waals surface area contributed by atoms with E-state index in [1.165, 1.54) is 4.90 Å². The molecule has 0 spiro atoms. The fourth-order valence-electron chi connectivity index (χ4n) is 3.04. The molecule has 0 saturated carbocycles. The summed E-state index contributed by atoms with van der Waals surface area (Å²) in [5.41, 5.74) is 7.30. The van der Waals surface area contributed by atoms with Gasteiger partial charge in [0.1, 0.15) is 18.2 Å². The standard InChI is InChI=1S/C12H11N3.C12H20N2O5/c13-10-6-8-12(9-7-10)15-14-11-4-2-1-3-5-11;1-12(2,3)19-11(18)13-7-9(15)14-6-4-5-8(14)10(16)17/h1-9H,13H2;8H,4-7H2,1-3H3,(H,13,18)(H,16,17)/t;8-/m.0/s1. The van der Waals surface area contributed by atoms with E-state index in [1.807, 2.05) is 42.5 Å². The number of carbonyl (C=O) groups excluding carboxylic acids is 2. The number of anilines is 1. The van der Waals surface area contributed by atoms with Gasteiger partial charge < -0.3 is 25.8 Å². The molecule has 34 heavy (non-hydrogen) atoms. The van der Waals surface area contributed by atoms with Gasteiger partial charge in [0, 0.05) is 12.2 Å². The Morgan fingerprint density at radius 1 is 1.06 bits per heavy atom. The normalized spacial score (nSPS) is 15.4. The monoisotopic (exact) mass is 469 g/mol. The van der Waals surface area contributed by atoms with Crippen LogP contribution in [0.3, 0.4) is 0 Å². The number of alkyl carbamates (subject to hydrolysis) is 1. The van der Waals surface area contributed by atoms with Crippen molar-refractivity contribution in [1.29, 1.82) is 0 Å². The van der Waals surface area contributed by atoms with E-state index in [0.717, 1.165) is 17.1 Å². The SMILES string of the molecule is CC(C)(C)OC(=O)NCC(=O)N1CCC[C@H]1C(=O)O.Nc1ccc(N=Nc2ccccc2)cc1. The van der Waals surface area contributed by atoms with Crippen molar-refractivity contribution in [2.75, 3.05) is 18.8 Å². The topological polar surface area (TPSA) is 147 Å². The smallest absolute Gasteiger partial charge is 0.408 e. The summed E-state index contributed by atoms with van der Waals surface area (Å²) in [7, 11) is 0. The van der Waals surface area contributed by atoms with Gasteiger partial charge in [-0.1, -0.05) is 18.2 Å². The zero-order valence-corrected chi connectivity index (χ0v) is 19.6. The fourth-order valence-corrected chi connectivity index (χ4v) is 3.04. The van der Waals surface area contributed by atoms with Gasteiger partial charge in [0.05, 0.1) is 11.4 Å². The molecule has 1 heterocycles. The number of hydrogen-bond donors (Lipinski definition) is 3. The van der Waals surface area contributed by atoms with Crippen LogP contribution in [0.15, 0.2) is 64.8 Å². The lowest BCUT2D eigenvalue weighted by Crippen LogP contribution is -2.46. The maximum absolute atomic E-state index is 11.8. The Labute approximate surface area is 198 Å². The fraction of sp³-hybridized carbons (Fsp3) is 0.375. The molecule has 0 unspecified atom stereocenters. The summed E-state index contributed by atoms with van der Waals surface area (Å²) in [5.74, 6) is -1.42. The van der Waals surface area contributed by atoms with Crippen molar-refractivity contribution in [3.05, 3.63) is 54.6 Å². The molecular formula is C24H31N5O5. The average molecular weight is 470 g/mol. The van der Waals surface area contributed by atoms with Crippen LogP contribution in [0.4, 0.5) is 21.9 Å². The Bertz CT molecular complexity index is 987. The zero-order chi connectivity index (χ0) is 25.1. The van der Waals surface area contributed by atoms with Crippen molar-refractivity contribution in [3.63, 3.8) is 0 Å². The molecule has 182 valence electrons. The molecule has 0 aromatic heterocycles. The first-order valence-electron chi connectivity index (χ1n) is 10.9. The molecule has 3 rings (SSSR count). The van der Waals surface area contributed by atoms with Crippen LogP contribution in [0.5, 0.6) is 0 Å². The van der Waals surface area contributed by atoms with Crippen LogP contribution >= 0.6 is 0 Å². The number of aliphatic carboxylic acids is 1. The molecule has 1 aliphatic heterocycles. The van der Waals surface area contributed by atoms with Crippen LogP contribution in [0.25, 0.3) is 0 Å². The summed E-state index contributed by atoms with van der Waals surface area (Å²) >= 11 is 0. The minimum absolute atomic E-state index is 0.251. The van der Waals surface area contributed by atoms with Gasteiger partial charge in [0.25, 0.3) is 0 Å². The summed E-state index contributed by atoms with van der Waals surface area (Å²) in [6.45, 7) is 5.31. The molecule has 1 atom stereocenters. The first-order chi connectivity index (χ1) is 16.0. The highest BCUT2D eigenvalue weighted by Gasteiger charge is 2.33. The van der Waals surface area contributed by atoms with Crippen molar-refractivity contribution in [2.24, 2.45) is 10.2 Å². The van der Waals surface area contributed by atoms with E-state index in [9.17, 15) is 14.4 Å². The van der Waals surface area contributed by atoms with Crippen LogP contribution in [-0.4, -0.2) is 52.7 Å². The van der Waals surface area contributed by atoms with Crippen molar-refractivity contribution in [2.45, 2.75) is 45.3 Å². The summed E-state index contributed by atoms with van der Waals surface area (Å²) in [5, 5.41) is 19.5. The molecule has 0 aliphatic carbocycles. The molecule has 1 saturated heterocycles. The Morgan fingerprint density at radius 2 is 1.65 bits per heavy atom. The third-order valence-corrected chi connectivity index (χ3v) is 4.57. The second-order valence-electron chi connectivity index (χ2n) is 8.57. The van der Waals surface area contributed by atoms with Crippen molar-refractivity contribution >= 4 is 35.0 Å². The number of azo groups is 1. The predicted octanol–water partition coefficient (Wildman–Crippen LogP) is 4.27. The highest BCUT2D eigenvalue weighted by molar-refractivity contribution is 5.87. The lowest BCUT2D eigenvalue weighted by Gasteiger charge is -2.23. The van der Waals surface area contributed by atoms with E-state index in [0.29, 0.717) is 19.4 Å². The lowest BCUT2D eigenvalue weighted by atomic mass is 10.2. The van der Waals surface area contributed by atoms with Crippen LogP contribution in [0.2, 0.25) is 0 Å². The molecule has 1 fully saturated rings. The Hall–Kier alpha value is -3.95. The number of amides is 2. The summed E-state index contributed by atoms with van der Waals surface area (Å²) in [6, 6.07) is 16.1. The van der Waals surface area contributed by atoms with Crippen molar-refractivity contribution < 1.29 is 24.2 Å². The highest BCUT2D eigenvalue weighted by Crippen LogP contribution is 2.19. The van der Waals surface area contributed by atoms with Gasteiger partial charge in [0.15, 0.2) is 0 Å². The molecule has 2 amide bonds. The maximum atomic E-state index is 11.8. The van der Waals surface area contributed by atoms with Gasteiger partial charge in [-0.2, -0.15) is 10.2 Å². The number of nitrogen functional groups attached to an aromatic ring is 1. The number of carboxylic acid groups (broad SMARTS) is 1. The van der Waals surface area contributed by atoms with Crippen LogP contribution < -0.4 is 11.1 Å². The highest BCUT2D eigenvalue weighted by atomic mass is 16.6. The second kappa shape index (κ2) is 12.3. The van der Waals surface area contributed by atoms with Crippen LogP contribution in [-0.2, 0) is 14.3 Å². The van der Waals surface area contributed by atoms with Crippen LogP contribution in [0.1, 0.15) is 33.6 Å². The molecule has 4 N–H and O–H groups in total. The van der Waals surface area contributed by atoms with E-state index < -0.39 is 29.6 Å². The van der Waals surface area contributed by atoms with E-state index in [4.69, 9.17) is 15.6 Å². The predicted molar refractivity (Wildman–Crippen MR) is 128 cm³/mol. The molecule has 0 radical (unpaired) electrons. The van der Waals surface area contributed by atoms with Crippen LogP contribution in [0, 0.1) is 0 Å². The summed E-state index contributed by atoms with van der Waals surface area (Å²) < 4.78 is 4.99.